The SMILES string of the molecule is COc1cc(C(C)=O)cc2cc(C)cnc12. The third-order valence-corrected chi connectivity index (χ3v) is 2.51. The van der Waals surface area contributed by atoms with Gasteiger partial charge in [-0.25, -0.2) is 0 Å². The van der Waals surface area contributed by atoms with E-state index in [9.17, 15) is 4.79 Å². The second-order valence-electron chi connectivity index (χ2n) is 3.82. The number of carbonyl (C=O) groups is 1. The van der Waals surface area contributed by atoms with Crippen molar-refractivity contribution in [2.24, 2.45) is 0 Å². The van der Waals surface area contributed by atoms with E-state index in [0.29, 0.717) is 11.3 Å². The standard InChI is InChI=1S/C13H13NO2/c1-8-4-11-5-10(9(2)15)6-12(16-3)13(11)14-7-8/h4-7H,1-3H3. The highest BCUT2D eigenvalue weighted by molar-refractivity contribution is 5.99. The van der Waals surface area contributed by atoms with Gasteiger partial charge in [0.25, 0.3) is 0 Å². The number of hydrogen-bond acceptors (Lipinski definition) is 3. The zero-order valence-corrected chi connectivity index (χ0v) is 9.57. The van der Waals surface area contributed by atoms with Crippen molar-refractivity contribution in [3.05, 3.63) is 35.5 Å². The van der Waals surface area contributed by atoms with Crippen molar-refractivity contribution in [3.8, 4) is 5.75 Å². The number of methoxy groups -OCH3 is 1. The number of pyridine rings is 1. The van der Waals surface area contributed by atoms with Gasteiger partial charge in [0.2, 0.25) is 0 Å². The minimum atomic E-state index is 0.0294. The van der Waals surface area contributed by atoms with E-state index in [1.807, 2.05) is 19.1 Å². The topological polar surface area (TPSA) is 39.2 Å². The third kappa shape index (κ3) is 1.76. The summed E-state index contributed by atoms with van der Waals surface area (Å²) < 4.78 is 5.24. The van der Waals surface area contributed by atoms with E-state index in [2.05, 4.69) is 4.98 Å². The largest absolute Gasteiger partial charge is 0.494 e. The Hall–Kier alpha value is -1.90. The summed E-state index contributed by atoms with van der Waals surface area (Å²) in [7, 11) is 1.58. The summed E-state index contributed by atoms with van der Waals surface area (Å²) >= 11 is 0. The van der Waals surface area contributed by atoms with Crippen molar-refractivity contribution in [2.75, 3.05) is 7.11 Å². The maximum absolute atomic E-state index is 11.4. The summed E-state index contributed by atoms with van der Waals surface area (Å²) in [6, 6.07) is 5.57. The van der Waals surface area contributed by atoms with Crippen LogP contribution in [-0.2, 0) is 0 Å². The van der Waals surface area contributed by atoms with Gasteiger partial charge in [-0.2, -0.15) is 0 Å². The molecule has 82 valence electrons. The molecule has 1 heterocycles. The van der Waals surface area contributed by atoms with Crippen LogP contribution in [0.15, 0.2) is 24.4 Å². The molecular formula is C13H13NO2. The summed E-state index contributed by atoms with van der Waals surface area (Å²) in [5.41, 5.74) is 2.50. The van der Waals surface area contributed by atoms with Crippen LogP contribution >= 0.6 is 0 Å². The molecule has 0 saturated carbocycles. The van der Waals surface area contributed by atoms with Gasteiger partial charge in [0, 0.05) is 17.1 Å². The first-order chi connectivity index (χ1) is 7.61. The molecule has 0 radical (unpaired) electrons. The average molecular weight is 215 g/mol. The van der Waals surface area contributed by atoms with Crippen molar-refractivity contribution < 1.29 is 9.53 Å². The fourth-order valence-electron chi connectivity index (χ4n) is 1.69. The predicted molar refractivity (Wildman–Crippen MR) is 63.0 cm³/mol. The van der Waals surface area contributed by atoms with Crippen LogP contribution in [-0.4, -0.2) is 17.9 Å². The number of carbonyl (C=O) groups excluding carboxylic acids is 1. The molecule has 16 heavy (non-hydrogen) atoms. The summed E-state index contributed by atoms with van der Waals surface area (Å²) in [4.78, 5) is 15.7. The number of fused-ring (bicyclic) bond motifs is 1. The number of hydrogen-bond donors (Lipinski definition) is 0. The molecule has 0 unspecified atom stereocenters. The lowest BCUT2D eigenvalue weighted by atomic mass is 10.1. The Labute approximate surface area is 94.1 Å². The molecule has 0 spiro atoms. The summed E-state index contributed by atoms with van der Waals surface area (Å²) in [5, 5.41) is 0.935. The number of benzene rings is 1. The summed E-state index contributed by atoms with van der Waals surface area (Å²) in [6.07, 6.45) is 1.79. The fraction of sp³-hybridized carbons (Fsp3) is 0.231. The minimum absolute atomic E-state index is 0.0294. The zero-order chi connectivity index (χ0) is 11.7. The maximum atomic E-state index is 11.4. The van der Waals surface area contributed by atoms with Crippen molar-refractivity contribution >= 4 is 16.7 Å². The molecule has 0 aliphatic heterocycles. The lowest BCUT2D eigenvalue weighted by Crippen LogP contribution is -1.96. The van der Waals surface area contributed by atoms with Crippen LogP contribution in [0.4, 0.5) is 0 Å². The molecule has 2 aromatic rings. The third-order valence-electron chi connectivity index (χ3n) is 2.51. The smallest absolute Gasteiger partial charge is 0.159 e. The highest BCUT2D eigenvalue weighted by Gasteiger charge is 2.08. The van der Waals surface area contributed by atoms with E-state index in [1.165, 1.54) is 0 Å². The number of Topliss-reactive ketones (excluding diaryl/α,β-unsaturated/α-hetero) is 1. The molecule has 1 aromatic heterocycles. The van der Waals surface area contributed by atoms with E-state index in [4.69, 9.17) is 4.74 Å². The number of aryl methyl sites for hydroxylation is 1. The number of rotatable bonds is 2. The van der Waals surface area contributed by atoms with Crippen molar-refractivity contribution in [1.82, 2.24) is 4.98 Å². The first-order valence-corrected chi connectivity index (χ1v) is 5.07. The van der Waals surface area contributed by atoms with Gasteiger partial charge in [0.15, 0.2) is 5.78 Å². The molecule has 0 aliphatic rings. The first-order valence-electron chi connectivity index (χ1n) is 5.07. The lowest BCUT2D eigenvalue weighted by Gasteiger charge is -2.07. The Balaban J connectivity index is 2.78. The Bertz CT molecular complexity index is 561. The van der Waals surface area contributed by atoms with E-state index in [1.54, 1.807) is 26.3 Å². The molecule has 1 aromatic carbocycles. The Kier molecular flexibility index (Phi) is 2.60. The van der Waals surface area contributed by atoms with Gasteiger partial charge in [0.05, 0.1) is 7.11 Å². The van der Waals surface area contributed by atoms with Crippen LogP contribution in [0.25, 0.3) is 10.9 Å². The Morgan fingerprint density at radius 2 is 2.06 bits per heavy atom. The van der Waals surface area contributed by atoms with Crippen LogP contribution in [0.1, 0.15) is 22.8 Å². The number of nitrogens with zero attached hydrogens (tertiary/aromatic N) is 1. The van der Waals surface area contributed by atoms with Crippen LogP contribution in [0, 0.1) is 6.92 Å². The van der Waals surface area contributed by atoms with Crippen LogP contribution in [0.5, 0.6) is 5.75 Å². The van der Waals surface area contributed by atoms with Gasteiger partial charge in [-0.15, -0.1) is 0 Å². The fourth-order valence-corrected chi connectivity index (χ4v) is 1.69. The van der Waals surface area contributed by atoms with Gasteiger partial charge in [-0.3, -0.25) is 9.78 Å². The summed E-state index contributed by atoms with van der Waals surface area (Å²) in [6.45, 7) is 3.52. The number of ketones is 1. The summed E-state index contributed by atoms with van der Waals surface area (Å²) in [5.74, 6) is 0.671. The molecule has 0 amide bonds. The van der Waals surface area contributed by atoms with E-state index in [0.717, 1.165) is 16.5 Å². The second kappa shape index (κ2) is 3.93. The number of aromatic nitrogens is 1. The monoisotopic (exact) mass is 215 g/mol. The van der Waals surface area contributed by atoms with E-state index < -0.39 is 0 Å². The molecule has 0 bridgehead atoms. The maximum Gasteiger partial charge on any atom is 0.159 e. The molecule has 0 fully saturated rings. The van der Waals surface area contributed by atoms with Crippen molar-refractivity contribution in [3.63, 3.8) is 0 Å². The van der Waals surface area contributed by atoms with Crippen LogP contribution in [0.2, 0.25) is 0 Å². The van der Waals surface area contributed by atoms with Gasteiger partial charge >= 0.3 is 0 Å². The molecule has 0 aliphatic carbocycles. The van der Waals surface area contributed by atoms with Crippen molar-refractivity contribution in [2.45, 2.75) is 13.8 Å². The minimum Gasteiger partial charge on any atom is -0.494 e. The van der Waals surface area contributed by atoms with Crippen LogP contribution < -0.4 is 4.74 Å². The Morgan fingerprint density at radius 1 is 1.31 bits per heavy atom. The molecule has 3 heteroatoms. The molecular weight excluding hydrogens is 202 g/mol. The van der Waals surface area contributed by atoms with E-state index >= 15 is 0 Å². The highest BCUT2D eigenvalue weighted by atomic mass is 16.5. The zero-order valence-electron chi connectivity index (χ0n) is 9.57. The van der Waals surface area contributed by atoms with Gasteiger partial charge in [-0.05, 0) is 37.6 Å². The highest BCUT2D eigenvalue weighted by Crippen LogP contribution is 2.26. The lowest BCUT2D eigenvalue weighted by molar-refractivity contribution is 0.101. The molecule has 2 rings (SSSR count). The predicted octanol–water partition coefficient (Wildman–Crippen LogP) is 2.75. The van der Waals surface area contributed by atoms with Gasteiger partial charge in [-0.1, -0.05) is 0 Å². The van der Waals surface area contributed by atoms with Crippen molar-refractivity contribution in [1.29, 1.82) is 0 Å². The Morgan fingerprint density at radius 3 is 2.69 bits per heavy atom. The normalized spacial score (nSPS) is 10.4. The molecule has 0 saturated heterocycles. The molecule has 0 N–H and O–H groups in total. The van der Waals surface area contributed by atoms with Gasteiger partial charge in [0.1, 0.15) is 11.3 Å². The first kappa shape index (κ1) is 10.6. The van der Waals surface area contributed by atoms with E-state index in [-0.39, 0.29) is 5.78 Å². The number of ether oxygens (including phenoxy) is 1. The van der Waals surface area contributed by atoms with Gasteiger partial charge < -0.3 is 4.74 Å². The van der Waals surface area contributed by atoms with Crippen LogP contribution in [0.3, 0.4) is 0 Å². The quantitative estimate of drug-likeness (QED) is 0.723. The average Bonchev–Trinajstić information content (AvgIpc) is 2.26. The second-order valence-corrected chi connectivity index (χ2v) is 3.82. The molecule has 0 atom stereocenters. The molecule has 3 nitrogen and oxygen atoms in total.